The van der Waals surface area contributed by atoms with Crippen LogP contribution in [0.2, 0.25) is 0 Å². The molecule has 0 spiro atoms. The molecule has 0 saturated heterocycles. The lowest BCUT2D eigenvalue weighted by Gasteiger charge is -2.27. The summed E-state index contributed by atoms with van der Waals surface area (Å²) in [6.45, 7) is -1.21. The predicted molar refractivity (Wildman–Crippen MR) is 127 cm³/mol. The number of alkyl halides is 3. The molecule has 12 heteroatoms. The first-order valence-corrected chi connectivity index (χ1v) is 13.2. The normalized spacial score (nSPS) is 14.3. The maximum Gasteiger partial charge on any atom is 0.469 e. The standard InChI is InChI=1S/C23H27F3NO6PS/c24-23(25,26)19-12-16(9-10-22(27,14-28)15-33-34(29,30)31)7-8-20(19)32-11-3-4-17-13-35-21-6-2-1-5-18(17)21/h1-2,5-8,12-13,28H,3-4,9-11,14-15,27H2,(H2,29,30,31). The zero-order valence-corrected chi connectivity index (χ0v) is 20.4. The molecule has 0 bridgehead atoms. The third-order valence-corrected chi connectivity index (χ3v) is 6.98. The van der Waals surface area contributed by atoms with Gasteiger partial charge in [0, 0.05) is 4.70 Å². The van der Waals surface area contributed by atoms with Crippen molar-refractivity contribution in [3.05, 3.63) is 64.5 Å². The Hall–Kier alpha value is -1.98. The van der Waals surface area contributed by atoms with E-state index in [2.05, 4.69) is 9.90 Å². The van der Waals surface area contributed by atoms with Crippen LogP contribution in [0.15, 0.2) is 47.8 Å². The average molecular weight is 534 g/mol. The monoisotopic (exact) mass is 533 g/mol. The lowest BCUT2D eigenvalue weighted by atomic mass is 9.93. The molecule has 0 aliphatic rings. The minimum atomic E-state index is -4.81. The highest BCUT2D eigenvalue weighted by Gasteiger charge is 2.35. The molecule has 192 valence electrons. The molecular formula is C23H27F3NO6PS. The van der Waals surface area contributed by atoms with Gasteiger partial charge in [0.15, 0.2) is 0 Å². The van der Waals surface area contributed by atoms with E-state index in [1.54, 1.807) is 11.3 Å². The molecule has 1 heterocycles. The van der Waals surface area contributed by atoms with Gasteiger partial charge in [-0.3, -0.25) is 4.52 Å². The number of aryl methyl sites for hydroxylation is 2. The topological polar surface area (TPSA) is 122 Å². The molecule has 0 fully saturated rings. The van der Waals surface area contributed by atoms with Crippen molar-refractivity contribution in [2.45, 2.75) is 37.4 Å². The van der Waals surface area contributed by atoms with Crippen molar-refractivity contribution in [2.24, 2.45) is 5.73 Å². The molecule has 3 aromatic rings. The molecule has 0 amide bonds. The molecule has 35 heavy (non-hydrogen) atoms. The van der Waals surface area contributed by atoms with Crippen molar-refractivity contribution in [1.29, 1.82) is 0 Å². The first-order chi connectivity index (χ1) is 16.4. The van der Waals surface area contributed by atoms with Crippen LogP contribution in [0.3, 0.4) is 0 Å². The van der Waals surface area contributed by atoms with E-state index in [0.29, 0.717) is 12.8 Å². The SMILES string of the molecule is NC(CO)(CCc1ccc(OCCCc2csc3ccccc23)c(C(F)(F)F)c1)COP(=O)(O)O. The predicted octanol–water partition coefficient (Wildman–Crippen LogP) is 4.66. The molecule has 1 aromatic heterocycles. The molecule has 0 saturated carbocycles. The number of rotatable bonds is 12. The lowest BCUT2D eigenvalue weighted by Crippen LogP contribution is -2.48. The van der Waals surface area contributed by atoms with E-state index < -0.39 is 38.3 Å². The van der Waals surface area contributed by atoms with Crippen LogP contribution in [0.25, 0.3) is 10.1 Å². The Morgan fingerprint density at radius 1 is 1.09 bits per heavy atom. The van der Waals surface area contributed by atoms with Gasteiger partial charge < -0.3 is 25.4 Å². The zero-order valence-electron chi connectivity index (χ0n) is 18.7. The first kappa shape index (κ1) is 27.6. The minimum Gasteiger partial charge on any atom is -0.493 e. The van der Waals surface area contributed by atoms with Gasteiger partial charge in [-0.1, -0.05) is 24.3 Å². The molecule has 1 atom stereocenters. The summed E-state index contributed by atoms with van der Waals surface area (Å²) in [5.74, 6) is -0.276. The molecule has 7 nitrogen and oxygen atoms in total. The number of benzene rings is 2. The fraction of sp³-hybridized carbons (Fsp3) is 0.391. The Morgan fingerprint density at radius 3 is 2.51 bits per heavy atom. The second-order valence-electron chi connectivity index (χ2n) is 8.32. The summed E-state index contributed by atoms with van der Waals surface area (Å²) in [6.07, 6.45) is -3.45. The van der Waals surface area contributed by atoms with E-state index in [1.165, 1.54) is 12.1 Å². The smallest absolute Gasteiger partial charge is 0.469 e. The Bertz CT molecular complexity index is 1180. The number of aliphatic hydroxyl groups excluding tert-OH is 1. The summed E-state index contributed by atoms with van der Waals surface area (Å²) in [5.41, 5.74) is 4.87. The number of ether oxygens (including phenoxy) is 1. The highest BCUT2D eigenvalue weighted by Crippen LogP contribution is 2.38. The van der Waals surface area contributed by atoms with Crippen LogP contribution in [0.1, 0.15) is 29.5 Å². The van der Waals surface area contributed by atoms with Gasteiger partial charge in [0.1, 0.15) is 5.75 Å². The van der Waals surface area contributed by atoms with E-state index in [-0.39, 0.29) is 30.8 Å². The van der Waals surface area contributed by atoms with E-state index >= 15 is 0 Å². The van der Waals surface area contributed by atoms with Gasteiger partial charge in [-0.2, -0.15) is 13.2 Å². The van der Waals surface area contributed by atoms with E-state index in [9.17, 15) is 22.8 Å². The van der Waals surface area contributed by atoms with Crippen LogP contribution in [0.4, 0.5) is 13.2 Å². The average Bonchev–Trinajstić information content (AvgIpc) is 3.21. The van der Waals surface area contributed by atoms with Gasteiger partial charge in [0.05, 0.1) is 30.9 Å². The van der Waals surface area contributed by atoms with Crippen molar-refractivity contribution >= 4 is 29.2 Å². The van der Waals surface area contributed by atoms with Crippen LogP contribution >= 0.6 is 19.2 Å². The molecule has 2 aromatic carbocycles. The number of hydrogen-bond donors (Lipinski definition) is 4. The van der Waals surface area contributed by atoms with Gasteiger partial charge in [-0.25, -0.2) is 4.57 Å². The number of phosphoric ester groups is 1. The maximum atomic E-state index is 13.7. The van der Waals surface area contributed by atoms with Crippen LogP contribution < -0.4 is 10.5 Å². The molecule has 0 aliphatic carbocycles. The lowest BCUT2D eigenvalue weighted by molar-refractivity contribution is -0.139. The zero-order chi connectivity index (χ0) is 25.7. The highest BCUT2D eigenvalue weighted by molar-refractivity contribution is 7.46. The third-order valence-electron chi connectivity index (χ3n) is 5.51. The van der Waals surface area contributed by atoms with Crippen molar-refractivity contribution in [3.63, 3.8) is 0 Å². The van der Waals surface area contributed by atoms with Gasteiger partial charge >= 0.3 is 14.0 Å². The summed E-state index contributed by atoms with van der Waals surface area (Å²) < 4.78 is 62.9. The third kappa shape index (κ3) is 8.01. The summed E-state index contributed by atoms with van der Waals surface area (Å²) in [6, 6.07) is 11.6. The Balaban J connectivity index is 1.62. The van der Waals surface area contributed by atoms with Crippen molar-refractivity contribution in [2.75, 3.05) is 19.8 Å². The largest absolute Gasteiger partial charge is 0.493 e. The van der Waals surface area contributed by atoms with E-state index in [4.69, 9.17) is 20.3 Å². The number of nitrogens with two attached hydrogens (primary N) is 1. The number of hydrogen-bond acceptors (Lipinski definition) is 6. The van der Waals surface area contributed by atoms with Crippen molar-refractivity contribution < 1.29 is 41.9 Å². The molecule has 0 aliphatic heterocycles. The number of phosphoric acid groups is 1. The van der Waals surface area contributed by atoms with Crippen molar-refractivity contribution in [1.82, 2.24) is 0 Å². The van der Waals surface area contributed by atoms with Crippen LogP contribution in [-0.2, 0) is 28.1 Å². The molecule has 1 unspecified atom stereocenters. The second kappa shape index (κ2) is 11.4. The molecule has 5 N–H and O–H groups in total. The first-order valence-electron chi connectivity index (χ1n) is 10.8. The second-order valence-corrected chi connectivity index (χ2v) is 10.5. The quantitative estimate of drug-likeness (QED) is 0.197. The van der Waals surface area contributed by atoms with Crippen LogP contribution in [0.5, 0.6) is 5.75 Å². The Labute approximate surface area is 204 Å². The number of thiophene rings is 1. The summed E-state index contributed by atoms with van der Waals surface area (Å²) in [5, 5.41) is 12.7. The fourth-order valence-corrected chi connectivity index (χ4v) is 4.98. The minimum absolute atomic E-state index is 0.0240. The Morgan fingerprint density at radius 2 is 1.83 bits per heavy atom. The number of fused-ring (bicyclic) bond motifs is 1. The summed E-state index contributed by atoms with van der Waals surface area (Å²) in [4.78, 5) is 17.6. The Kier molecular flexibility index (Phi) is 8.98. The fourth-order valence-electron chi connectivity index (χ4n) is 3.55. The molecule has 0 radical (unpaired) electrons. The highest BCUT2D eigenvalue weighted by atomic mass is 32.1. The van der Waals surface area contributed by atoms with E-state index in [0.717, 1.165) is 21.7 Å². The van der Waals surface area contributed by atoms with Gasteiger partial charge in [0.2, 0.25) is 0 Å². The number of aliphatic hydroxyl groups is 1. The summed E-state index contributed by atoms with van der Waals surface area (Å²) in [7, 11) is -4.81. The van der Waals surface area contributed by atoms with Gasteiger partial charge in [0.25, 0.3) is 0 Å². The molecular weight excluding hydrogens is 506 g/mol. The van der Waals surface area contributed by atoms with Gasteiger partial charge in [-0.05, 0) is 65.8 Å². The van der Waals surface area contributed by atoms with Crippen LogP contribution in [-0.4, -0.2) is 40.3 Å². The number of halogens is 3. The van der Waals surface area contributed by atoms with Crippen LogP contribution in [0, 0.1) is 0 Å². The maximum absolute atomic E-state index is 13.7. The van der Waals surface area contributed by atoms with E-state index in [1.807, 2.05) is 24.3 Å². The van der Waals surface area contributed by atoms with Crippen molar-refractivity contribution in [3.8, 4) is 5.75 Å². The molecule has 3 rings (SSSR count). The summed E-state index contributed by atoms with van der Waals surface area (Å²) >= 11 is 1.63. The van der Waals surface area contributed by atoms with Gasteiger partial charge in [-0.15, -0.1) is 11.3 Å².